The largest absolute Gasteiger partial charge is 0.394 e. The Hall–Kier alpha value is -1.24. The number of anilines is 2. The van der Waals surface area contributed by atoms with Crippen LogP contribution in [0.1, 0.15) is 0 Å². The minimum Gasteiger partial charge on any atom is -0.394 e. The number of sulfone groups is 1. The van der Waals surface area contributed by atoms with Gasteiger partial charge >= 0.3 is 0 Å². The average Bonchev–Trinajstić information content (AvgIpc) is 2.40. The van der Waals surface area contributed by atoms with Crippen LogP contribution in [-0.4, -0.2) is 43.8 Å². The summed E-state index contributed by atoms with van der Waals surface area (Å²) in [7, 11) is 0.586. The normalized spacial score (nSPS) is 11.7. The van der Waals surface area contributed by atoms with Gasteiger partial charge in [-0.2, -0.15) is 5.10 Å². The predicted molar refractivity (Wildman–Crippen MR) is 60.6 cm³/mol. The third kappa shape index (κ3) is 3.43. The molecule has 2 N–H and O–H groups in total. The Labute approximate surface area is 89.6 Å². The van der Waals surface area contributed by atoms with E-state index in [-0.39, 0.29) is 5.75 Å². The minimum atomic E-state index is -2.95. The topological polar surface area (TPSA) is 81.2 Å². The standard InChI is InChI=1S/C8H16N4O2S/c1-11(4-5-15(3,13)14)8-7(9)6-12(2)10-8/h6H,4-5,9H2,1-3H3. The van der Waals surface area contributed by atoms with Crippen molar-refractivity contribution < 1.29 is 8.42 Å². The first kappa shape index (κ1) is 11.8. The van der Waals surface area contributed by atoms with Crippen LogP contribution in [0.2, 0.25) is 0 Å². The molecule has 1 aromatic heterocycles. The highest BCUT2D eigenvalue weighted by Gasteiger charge is 2.11. The van der Waals surface area contributed by atoms with Crippen molar-refractivity contribution >= 4 is 21.3 Å². The first-order valence-electron chi connectivity index (χ1n) is 4.47. The molecule has 0 bridgehead atoms. The maximum Gasteiger partial charge on any atom is 0.173 e. The quantitative estimate of drug-likeness (QED) is 0.755. The van der Waals surface area contributed by atoms with Crippen LogP contribution in [0.4, 0.5) is 11.5 Å². The molecule has 0 aliphatic rings. The predicted octanol–water partition coefficient (Wildman–Crippen LogP) is -0.517. The van der Waals surface area contributed by atoms with Gasteiger partial charge < -0.3 is 10.6 Å². The maximum atomic E-state index is 11.0. The summed E-state index contributed by atoms with van der Waals surface area (Å²) in [5, 5.41) is 4.13. The minimum absolute atomic E-state index is 0.0967. The van der Waals surface area contributed by atoms with Crippen LogP contribution < -0.4 is 10.6 Å². The second-order valence-corrected chi connectivity index (χ2v) is 5.89. The summed E-state index contributed by atoms with van der Waals surface area (Å²) in [4.78, 5) is 1.73. The SMILES string of the molecule is CN(CCS(C)(=O)=O)c1nn(C)cc1N. The van der Waals surface area contributed by atoms with Gasteiger partial charge in [0.05, 0.1) is 11.4 Å². The van der Waals surface area contributed by atoms with Crippen molar-refractivity contribution in [3.05, 3.63) is 6.20 Å². The summed E-state index contributed by atoms with van der Waals surface area (Å²) in [5.74, 6) is 0.709. The van der Waals surface area contributed by atoms with Gasteiger partial charge in [0.1, 0.15) is 9.84 Å². The molecule has 0 saturated heterocycles. The second kappa shape index (κ2) is 4.09. The van der Waals surface area contributed by atoms with E-state index in [0.29, 0.717) is 18.1 Å². The Kier molecular flexibility index (Phi) is 3.23. The van der Waals surface area contributed by atoms with Crippen molar-refractivity contribution in [1.82, 2.24) is 9.78 Å². The van der Waals surface area contributed by atoms with Gasteiger partial charge in [0.25, 0.3) is 0 Å². The van der Waals surface area contributed by atoms with Gasteiger partial charge in [-0.25, -0.2) is 8.42 Å². The molecular weight excluding hydrogens is 216 g/mol. The number of hydrogen-bond donors (Lipinski definition) is 1. The molecule has 1 heterocycles. The molecule has 7 heteroatoms. The van der Waals surface area contributed by atoms with E-state index >= 15 is 0 Å². The monoisotopic (exact) mass is 232 g/mol. The zero-order chi connectivity index (χ0) is 11.6. The van der Waals surface area contributed by atoms with Crippen LogP contribution in [-0.2, 0) is 16.9 Å². The molecule has 0 amide bonds. The van der Waals surface area contributed by atoms with Gasteiger partial charge in [0.2, 0.25) is 0 Å². The van der Waals surface area contributed by atoms with Gasteiger partial charge in [0.15, 0.2) is 5.82 Å². The van der Waals surface area contributed by atoms with Crippen molar-refractivity contribution in [2.24, 2.45) is 7.05 Å². The van der Waals surface area contributed by atoms with Crippen LogP contribution in [0.3, 0.4) is 0 Å². The Balaban J connectivity index is 2.69. The molecule has 0 aliphatic heterocycles. The van der Waals surface area contributed by atoms with Gasteiger partial charge in [-0.1, -0.05) is 0 Å². The van der Waals surface area contributed by atoms with Gasteiger partial charge in [-0.3, -0.25) is 4.68 Å². The summed E-state index contributed by atoms with van der Waals surface area (Å²) < 4.78 is 23.5. The summed E-state index contributed by atoms with van der Waals surface area (Å²) >= 11 is 0. The van der Waals surface area contributed by atoms with Crippen LogP contribution in [0, 0.1) is 0 Å². The van der Waals surface area contributed by atoms with Crippen LogP contribution in [0.15, 0.2) is 6.20 Å². The van der Waals surface area contributed by atoms with E-state index in [1.807, 2.05) is 0 Å². The fraction of sp³-hybridized carbons (Fsp3) is 0.625. The van der Waals surface area contributed by atoms with E-state index < -0.39 is 9.84 Å². The third-order valence-electron chi connectivity index (χ3n) is 2.00. The number of nitrogens with zero attached hydrogens (tertiary/aromatic N) is 3. The zero-order valence-corrected chi connectivity index (χ0v) is 9.95. The summed E-state index contributed by atoms with van der Waals surface area (Å²) in [6.07, 6.45) is 2.90. The summed E-state index contributed by atoms with van der Waals surface area (Å²) in [6, 6.07) is 0. The molecule has 0 aromatic carbocycles. The molecule has 1 aromatic rings. The maximum absolute atomic E-state index is 11.0. The number of rotatable bonds is 4. The molecule has 0 aliphatic carbocycles. The molecule has 86 valence electrons. The van der Waals surface area contributed by atoms with Crippen molar-refractivity contribution in [2.75, 3.05) is 36.2 Å². The first-order chi connectivity index (χ1) is 6.79. The van der Waals surface area contributed by atoms with E-state index in [2.05, 4.69) is 5.10 Å². The lowest BCUT2D eigenvalue weighted by molar-refractivity contribution is 0.601. The fourth-order valence-electron chi connectivity index (χ4n) is 1.20. The molecule has 0 spiro atoms. The lowest BCUT2D eigenvalue weighted by Gasteiger charge is -2.15. The number of aryl methyl sites for hydroxylation is 1. The van der Waals surface area contributed by atoms with Crippen molar-refractivity contribution in [3.63, 3.8) is 0 Å². The highest BCUT2D eigenvalue weighted by molar-refractivity contribution is 7.90. The van der Waals surface area contributed by atoms with E-state index in [0.717, 1.165) is 0 Å². The Morgan fingerprint density at radius 2 is 2.20 bits per heavy atom. The summed E-state index contributed by atoms with van der Waals surface area (Å²) in [6.45, 7) is 0.389. The van der Waals surface area contributed by atoms with E-state index in [1.54, 1.807) is 29.9 Å². The van der Waals surface area contributed by atoms with Crippen molar-refractivity contribution in [1.29, 1.82) is 0 Å². The summed E-state index contributed by atoms with van der Waals surface area (Å²) in [5.41, 5.74) is 6.26. The van der Waals surface area contributed by atoms with Crippen molar-refractivity contribution in [2.45, 2.75) is 0 Å². The molecule has 0 fully saturated rings. The van der Waals surface area contributed by atoms with Crippen LogP contribution >= 0.6 is 0 Å². The highest BCUT2D eigenvalue weighted by atomic mass is 32.2. The van der Waals surface area contributed by atoms with Gasteiger partial charge in [-0.15, -0.1) is 0 Å². The lowest BCUT2D eigenvalue weighted by atomic mass is 10.5. The molecule has 15 heavy (non-hydrogen) atoms. The molecule has 6 nitrogen and oxygen atoms in total. The number of hydrogen-bond acceptors (Lipinski definition) is 5. The smallest absolute Gasteiger partial charge is 0.173 e. The third-order valence-corrected chi connectivity index (χ3v) is 2.92. The zero-order valence-electron chi connectivity index (χ0n) is 9.14. The van der Waals surface area contributed by atoms with Crippen LogP contribution in [0.25, 0.3) is 0 Å². The Bertz CT molecular complexity index is 437. The number of aromatic nitrogens is 2. The van der Waals surface area contributed by atoms with E-state index in [1.165, 1.54) is 6.26 Å². The molecule has 0 unspecified atom stereocenters. The molecular formula is C8H16N4O2S. The molecule has 0 atom stereocenters. The Morgan fingerprint density at radius 1 is 1.60 bits per heavy atom. The first-order valence-corrected chi connectivity index (χ1v) is 6.53. The molecule has 0 radical (unpaired) electrons. The highest BCUT2D eigenvalue weighted by Crippen LogP contribution is 2.18. The van der Waals surface area contributed by atoms with E-state index in [9.17, 15) is 8.42 Å². The van der Waals surface area contributed by atoms with E-state index in [4.69, 9.17) is 5.73 Å². The molecule has 1 rings (SSSR count). The lowest BCUT2D eigenvalue weighted by Crippen LogP contribution is -2.25. The van der Waals surface area contributed by atoms with Crippen molar-refractivity contribution in [3.8, 4) is 0 Å². The molecule has 0 saturated carbocycles. The van der Waals surface area contributed by atoms with Gasteiger partial charge in [0, 0.05) is 33.1 Å². The second-order valence-electron chi connectivity index (χ2n) is 3.63. The number of nitrogens with two attached hydrogens (primary N) is 1. The van der Waals surface area contributed by atoms with Gasteiger partial charge in [-0.05, 0) is 0 Å². The Morgan fingerprint density at radius 3 is 2.60 bits per heavy atom. The number of nitrogen functional groups attached to an aromatic ring is 1. The average molecular weight is 232 g/mol. The van der Waals surface area contributed by atoms with Crippen LogP contribution in [0.5, 0.6) is 0 Å². The fourth-order valence-corrected chi connectivity index (χ4v) is 1.81.